The van der Waals surface area contributed by atoms with Gasteiger partial charge in [-0.3, -0.25) is 14.5 Å². The summed E-state index contributed by atoms with van der Waals surface area (Å²) < 4.78 is 28.9. The van der Waals surface area contributed by atoms with Crippen molar-refractivity contribution in [2.24, 2.45) is 0 Å². The van der Waals surface area contributed by atoms with Gasteiger partial charge < -0.3 is 9.80 Å². The summed E-state index contributed by atoms with van der Waals surface area (Å²) in [4.78, 5) is 37.3. The first-order valence-corrected chi connectivity index (χ1v) is 16.4. The number of fused-ring (bicyclic) bond motifs is 2. The van der Waals surface area contributed by atoms with Crippen LogP contribution in [0, 0.1) is 0 Å². The third kappa shape index (κ3) is 5.75. The van der Waals surface area contributed by atoms with Gasteiger partial charge in [-0.1, -0.05) is 35.9 Å². The molecule has 2 atom stereocenters. The third-order valence-electron chi connectivity index (χ3n) is 8.12. The molecule has 3 aromatic rings. The molecule has 1 aromatic carbocycles. The molecule has 0 unspecified atom stereocenters. The molecule has 2 amide bonds. The number of thiophene rings is 1. The molecule has 2 fully saturated rings. The van der Waals surface area contributed by atoms with Crippen molar-refractivity contribution in [2.75, 3.05) is 32.7 Å². The number of benzene rings is 1. The molecule has 6 rings (SSSR count). The average Bonchev–Trinajstić information content (AvgIpc) is 3.58. The molecule has 5 heterocycles. The zero-order chi connectivity index (χ0) is 27.9. The highest BCUT2D eigenvalue weighted by atomic mass is 35.5. The molecule has 212 valence electrons. The second kappa shape index (κ2) is 11.4. The summed E-state index contributed by atoms with van der Waals surface area (Å²) in [5, 5.41) is 0.960. The average molecular weight is 602 g/mol. The van der Waals surface area contributed by atoms with Gasteiger partial charge in [-0.2, -0.15) is 4.72 Å². The van der Waals surface area contributed by atoms with Gasteiger partial charge in [-0.25, -0.2) is 13.4 Å². The Labute approximate surface area is 243 Å². The molecule has 0 aliphatic carbocycles. The molecule has 3 aliphatic rings. The molecular weight excluding hydrogens is 570 g/mol. The number of amides is 2. The second-order valence-corrected chi connectivity index (χ2v) is 14.2. The Morgan fingerprint density at radius 1 is 1.07 bits per heavy atom. The highest BCUT2D eigenvalue weighted by Gasteiger charge is 2.37. The summed E-state index contributed by atoms with van der Waals surface area (Å²) in [7, 11) is -3.94. The number of hydrogen-bond donors (Lipinski definition) is 1. The SMILES string of the molecule is O=C1[C@@H](NS(=O)(=O)c2cc3ccc(Cl)nc3s2)CCCN1CC(=O)N1CCC[C@H]1CN1CCc2ccccc2C1. The quantitative estimate of drug-likeness (QED) is 0.417. The largest absolute Gasteiger partial charge is 0.337 e. The molecule has 9 nitrogen and oxygen atoms in total. The Morgan fingerprint density at radius 2 is 1.88 bits per heavy atom. The van der Waals surface area contributed by atoms with E-state index in [1.54, 1.807) is 12.1 Å². The minimum absolute atomic E-state index is 0.0261. The van der Waals surface area contributed by atoms with Crippen LogP contribution in [0.5, 0.6) is 0 Å². The molecule has 1 N–H and O–H groups in total. The van der Waals surface area contributed by atoms with Gasteiger partial charge in [0.1, 0.15) is 20.2 Å². The molecular formula is C28H32ClN5O4S2. The Balaban J connectivity index is 1.07. The zero-order valence-electron chi connectivity index (χ0n) is 22.1. The topological polar surface area (TPSA) is 103 Å². The number of halogens is 1. The molecule has 0 bridgehead atoms. The molecule has 0 radical (unpaired) electrons. The predicted molar refractivity (Wildman–Crippen MR) is 155 cm³/mol. The van der Waals surface area contributed by atoms with Crippen LogP contribution >= 0.6 is 22.9 Å². The van der Waals surface area contributed by atoms with Gasteiger partial charge in [-0.15, -0.1) is 11.3 Å². The Bertz CT molecular complexity index is 1540. The maximum absolute atomic E-state index is 13.4. The van der Waals surface area contributed by atoms with Crippen molar-refractivity contribution in [3.05, 3.63) is 58.7 Å². The first kappa shape index (κ1) is 27.6. The van der Waals surface area contributed by atoms with Crippen LogP contribution in [0.15, 0.2) is 46.7 Å². The molecule has 0 spiro atoms. The van der Waals surface area contributed by atoms with Gasteiger partial charge in [0.15, 0.2) is 0 Å². The van der Waals surface area contributed by atoms with E-state index in [2.05, 4.69) is 38.9 Å². The van der Waals surface area contributed by atoms with E-state index in [-0.39, 0.29) is 33.8 Å². The number of carbonyl (C=O) groups is 2. The minimum atomic E-state index is -3.94. The van der Waals surface area contributed by atoms with E-state index in [4.69, 9.17) is 11.6 Å². The van der Waals surface area contributed by atoms with E-state index < -0.39 is 16.1 Å². The predicted octanol–water partition coefficient (Wildman–Crippen LogP) is 3.27. The van der Waals surface area contributed by atoms with Crippen molar-refractivity contribution < 1.29 is 18.0 Å². The molecule has 2 aromatic heterocycles. The van der Waals surface area contributed by atoms with Gasteiger partial charge in [-0.05, 0) is 61.4 Å². The standard InChI is InChI=1S/C28H32ClN5O4S2/c29-24-10-9-20-15-26(39-27(20)30-24)40(37,38)31-23-8-4-12-33(28(23)36)18-25(35)34-13-3-7-22(34)17-32-14-11-19-5-1-2-6-21(19)16-32/h1-2,5-6,9-10,15,22-23,31H,3-4,7-8,11-14,16-18H2/t22-,23-/m0/s1. The highest BCUT2D eigenvalue weighted by Crippen LogP contribution is 2.29. The lowest BCUT2D eigenvalue weighted by Gasteiger charge is -2.36. The summed E-state index contributed by atoms with van der Waals surface area (Å²) in [5.41, 5.74) is 2.76. The number of piperidine rings is 1. The number of rotatable bonds is 7. The van der Waals surface area contributed by atoms with E-state index in [0.29, 0.717) is 36.1 Å². The van der Waals surface area contributed by atoms with Crippen molar-refractivity contribution >= 4 is 55.0 Å². The smallest absolute Gasteiger partial charge is 0.250 e. The van der Waals surface area contributed by atoms with Crippen LogP contribution < -0.4 is 4.72 Å². The maximum atomic E-state index is 13.4. The first-order chi connectivity index (χ1) is 19.3. The van der Waals surface area contributed by atoms with Gasteiger partial charge in [0, 0.05) is 44.2 Å². The zero-order valence-corrected chi connectivity index (χ0v) is 24.5. The fourth-order valence-corrected chi connectivity index (χ4v) is 8.85. The summed E-state index contributed by atoms with van der Waals surface area (Å²) >= 11 is 6.96. The van der Waals surface area contributed by atoms with Gasteiger partial charge in [0.2, 0.25) is 11.8 Å². The van der Waals surface area contributed by atoms with Crippen molar-refractivity contribution in [1.82, 2.24) is 24.4 Å². The van der Waals surface area contributed by atoms with E-state index in [9.17, 15) is 18.0 Å². The number of aromatic nitrogens is 1. The van der Waals surface area contributed by atoms with Gasteiger partial charge >= 0.3 is 0 Å². The fraction of sp³-hybridized carbons (Fsp3) is 0.464. The van der Waals surface area contributed by atoms with Crippen molar-refractivity contribution in [2.45, 2.75) is 54.9 Å². The molecule has 12 heteroatoms. The van der Waals surface area contributed by atoms with Crippen LogP contribution in [0.3, 0.4) is 0 Å². The molecule has 40 heavy (non-hydrogen) atoms. The van der Waals surface area contributed by atoms with E-state index in [1.165, 1.54) is 22.1 Å². The number of nitrogens with one attached hydrogen (secondary N) is 1. The van der Waals surface area contributed by atoms with Crippen LogP contribution in [0.25, 0.3) is 10.2 Å². The molecule has 2 saturated heterocycles. The van der Waals surface area contributed by atoms with Crippen molar-refractivity contribution in [3.63, 3.8) is 0 Å². The summed E-state index contributed by atoms with van der Waals surface area (Å²) in [6, 6.07) is 12.6. The number of pyridine rings is 1. The lowest BCUT2D eigenvalue weighted by atomic mass is 9.99. The van der Waals surface area contributed by atoms with Gasteiger partial charge in [0.25, 0.3) is 10.0 Å². The fourth-order valence-electron chi connectivity index (χ4n) is 6.07. The van der Waals surface area contributed by atoms with Crippen LogP contribution in [-0.2, 0) is 32.6 Å². The van der Waals surface area contributed by atoms with E-state index in [0.717, 1.165) is 50.2 Å². The van der Waals surface area contributed by atoms with Crippen LogP contribution in [0.1, 0.15) is 36.8 Å². The first-order valence-electron chi connectivity index (χ1n) is 13.7. The second-order valence-electron chi connectivity index (χ2n) is 10.8. The number of carbonyl (C=O) groups excluding carboxylic acids is 2. The Kier molecular flexibility index (Phi) is 7.84. The van der Waals surface area contributed by atoms with Crippen LogP contribution in [-0.4, -0.2) is 84.7 Å². The van der Waals surface area contributed by atoms with Crippen LogP contribution in [0.4, 0.5) is 0 Å². The van der Waals surface area contributed by atoms with Gasteiger partial charge in [0.05, 0.1) is 6.54 Å². The number of nitrogens with zero attached hydrogens (tertiary/aromatic N) is 4. The number of likely N-dealkylation sites (tertiary alicyclic amines) is 2. The highest BCUT2D eigenvalue weighted by molar-refractivity contribution is 7.91. The normalized spacial score (nSPS) is 22.2. The summed E-state index contributed by atoms with van der Waals surface area (Å²) in [6.45, 7) is 3.80. The Hall–Kier alpha value is -2.57. The lowest BCUT2D eigenvalue weighted by molar-refractivity contribution is -0.143. The minimum Gasteiger partial charge on any atom is -0.337 e. The van der Waals surface area contributed by atoms with E-state index in [1.807, 2.05) is 4.90 Å². The third-order valence-corrected chi connectivity index (χ3v) is 11.3. The van der Waals surface area contributed by atoms with Crippen molar-refractivity contribution in [1.29, 1.82) is 0 Å². The number of hydrogen-bond acceptors (Lipinski definition) is 7. The monoisotopic (exact) mass is 601 g/mol. The number of sulfonamides is 1. The summed E-state index contributed by atoms with van der Waals surface area (Å²) in [5.74, 6) is -0.418. The maximum Gasteiger partial charge on any atom is 0.250 e. The lowest BCUT2D eigenvalue weighted by Crippen LogP contribution is -2.55. The van der Waals surface area contributed by atoms with E-state index >= 15 is 0 Å². The van der Waals surface area contributed by atoms with Crippen molar-refractivity contribution in [3.8, 4) is 0 Å². The molecule has 0 saturated carbocycles. The van der Waals surface area contributed by atoms with Crippen LogP contribution in [0.2, 0.25) is 5.15 Å². The Morgan fingerprint density at radius 3 is 2.73 bits per heavy atom. The molecule has 3 aliphatic heterocycles. The summed E-state index contributed by atoms with van der Waals surface area (Å²) in [6.07, 6.45) is 3.93.